The van der Waals surface area contributed by atoms with Crippen LogP contribution < -0.4 is 4.74 Å². The number of carbonyl (C=O) groups excluding carboxylic acids is 1. The molecule has 1 aliphatic heterocycles. The molecule has 114 valence electrons. The van der Waals surface area contributed by atoms with E-state index in [9.17, 15) is 18.4 Å². The van der Waals surface area contributed by atoms with Crippen LogP contribution in [-0.2, 0) is 4.79 Å². The van der Waals surface area contributed by atoms with Gasteiger partial charge >= 0.3 is 12.6 Å². The number of benzene rings is 1. The first kappa shape index (κ1) is 15.2. The number of carboxylic acid groups (broad SMARTS) is 1. The highest BCUT2D eigenvalue weighted by atomic mass is 19.3. The Bertz CT molecular complexity index is 518. The lowest BCUT2D eigenvalue weighted by molar-refractivity contribution is -0.138. The molecule has 1 aromatic carbocycles. The molecule has 0 radical (unpaired) electrons. The van der Waals surface area contributed by atoms with Crippen LogP contribution in [0.2, 0.25) is 0 Å². The molecule has 5 nitrogen and oxygen atoms in total. The van der Waals surface area contributed by atoms with Crippen molar-refractivity contribution < 1.29 is 28.2 Å². The molecule has 0 aromatic heterocycles. The Labute approximate surface area is 120 Å². The second-order valence-electron chi connectivity index (χ2n) is 4.91. The van der Waals surface area contributed by atoms with Crippen LogP contribution in [0, 0.1) is 5.92 Å². The predicted octanol–water partition coefficient (Wildman–Crippen LogP) is 2.22. The number of rotatable bonds is 5. The monoisotopic (exact) mass is 299 g/mol. The fourth-order valence-corrected chi connectivity index (χ4v) is 2.39. The van der Waals surface area contributed by atoms with Crippen molar-refractivity contribution in [1.82, 2.24) is 4.90 Å². The van der Waals surface area contributed by atoms with E-state index in [2.05, 4.69) is 4.74 Å². The molecule has 0 aliphatic carbocycles. The number of alkyl halides is 2. The highest BCUT2D eigenvalue weighted by molar-refractivity contribution is 5.94. The van der Waals surface area contributed by atoms with Crippen molar-refractivity contribution in [2.45, 2.75) is 19.5 Å². The van der Waals surface area contributed by atoms with Crippen molar-refractivity contribution in [3.63, 3.8) is 0 Å². The van der Waals surface area contributed by atoms with Crippen LogP contribution in [-0.4, -0.2) is 41.6 Å². The maximum absolute atomic E-state index is 12.2. The van der Waals surface area contributed by atoms with Crippen LogP contribution in [0.5, 0.6) is 5.75 Å². The average molecular weight is 299 g/mol. The molecule has 1 amide bonds. The lowest BCUT2D eigenvalue weighted by atomic mass is 10.1. The van der Waals surface area contributed by atoms with Crippen LogP contribution in [0.1, 0.15) is 23.2 Å². The SMILES string of the molecule is O=C(O)CC1CCN(C(=O)c2ccc(OC(F)F)cc2)C1. The number of hydrogen-bond acceptors (Lipinski definition) is 3. The third-order valence-electron chi connectivity index (χ3n) is 3.36. The second-order valence-corrected chi connectivity index (χ2v) is 4.91. The summed E-state index contributed by atoms with van der Waals surface area (Å²) in [5, 5.41) is 8.74. The first-order valence-corrected chi connectivity index (χ1v) is 6.51. The Kier molecular flexibility index (Phi) is 4.72. The van der Waals surface area contributed by atoms with Crippen molar-refractivity contribution in [2.24, 2.45) is 5.92 Å². The smallest absolute Gasteiger partial charge is 0.387 e. The zero-order valence-corrected chi connectivity index (χ0v) is 11.2. The van der Waals surface area contributed by atoms with Crippen molar-refractivity contribution >= 4 is 11.9 Å². The minimum Gasteiger partial charge on any atom is -0.481 e. The summed E-state index contributed by atoms with van der Waals surface area (Å²) in [7, 11) is 0. The number of nitrogens with zero attached hydrogens (tertiary/aromatic N) is 1. The maximum Gasteiger partial charge on any atom is 0.387 e. The zero-order valence-electron chi connectivity index (χ0n) is 11.2. The molecule has 0 saturated carbocycles. The molecule has 7 heteroatoms. The number of ether oxygens (including phenoxy) is 1. The molecular formula is C14H15F2NO4. The van der Waals surface area contributed by atoms with Gasteiger partial charge in [0.15, 0.2) is 0 Å². The van der Waals surface area contributed by atoms with Crippen molar-refractivity contribution in [3.05, 3.63) is 29.8 Å². The van der Waals surface area contributed by atoms with Gasteiger partial charge in [-0.25, -0.2) is 0 Å². The number of amides is 1. The van der Waals surface area contributed by atoms with E-state index >= 15 is 0 Å². The van der Waals surface area contributed by atoms with E-state index in [0.29, 0.717) is 25.1 Å². The molecule has 1 N–H and O–H groups in total. The third kappa shape index (κ3) is 4.14. The van der Waals surface area contributed by atoms with Crippen LogP contribution in [0.3, 0.4) is 0 Å². The van der Waals surface area contributed by atoms with Gasteiger partial charge in [0, 0.05) is 25.1 Å². The Hall–Kier alpha value is -2.18. The van der Waals surface area contributed by atoms with Gasteiger partial charge in [0.1, 0.15) is 5.75 Å². The second kappa shape index (κ2) is 6.51. The van der Waals surface area contributed by atoms with Crippen LogP contribution in [0.15, 0.2) is 24.3 Å². The zero-order chi connectivity index (χ0) is 15.4. The summed E-state index contributed by atoms with van der Waals surface area (Å²) in [6, 6.07) is 5.46. The normalized spacial score (nSPS) is 18.0. The largest absolute Gasteiger partial charge is 0.481 e. The van der Waals surface area contributed by atoms with E-state index in [1.54, 1.807) is 4.90 Å². The molecule has 1 saturated heterocycles. The molecule has 1 aromatic rings. The summed E-state index contributed by atoms with van der Waals surface area (Å²) in [6.45, 7) is -1.99. The van der Waals surface area contributed by atoms with Crippen LogP contribution >= 0.6 is 0 Å². The summed E-state index contributed by atoms with van der Waals surface area (Å²) in [4.78, 5) is 24.4. The molecular weight excluding hydrogens is 284 g/mol. The van der Waals surface area contributed by atoms with Crippen molar-refractivity contribution in [2.75, 3.05) is 13.1 Å². The molecule has 1 atom stereocenters. The fourth-order valence-electron chi connectivity index (χ4n) is 2.39. The summed E-state index contributed by atoms with van der Waals surface area (Å²) >= 11 is 0. The predicted molar refractivity (Wildman–Crippen MR) is 69.3 cm³/mol. The molecule has 1 aliphatic rings. The van der Waals surface area contributed by atoms with E-state index in [1.807, 2.05) is 0 Å². The van der Waals surface area contributed by atoms with Crippen LogP contribution in [0.25, 0.3) is 0 Å². The highest BCUT2D eigenvalue weighted by Gasteiger charge is 2.28. The average Bonchev–Trinajstić information content (AvgIpc) is 2.85. The number of likely N-dealkylation sites (tertiary alicyclic amines) is 1. The Morgan fingerprint density at radius 1 is 1.33 bits per heavy atom. The standard InChI is InChI=1S/C14H15F2NO4/c15-14(16)21-11-3-1-10(2-4-11)13(20)17-6-5-9(8-17)7-12(18)19/h1-4,9,14H,5-8H2,(H,18,19). The van der Waals surface area contributed by atoms with Gasteiger partial charge in [-0.05, 0) is 36.6 Å². The van der Waals surface area contributed by atoms with Gasteiger partial charge in [-0.2, -0.15) is 8.78 Å². The molecule has 2 rings (SSSR count). The molecule has 0 bridgehead atoms. The van der Waals surface area contributed by atoms with E-state index in [-0.39, 0.29) is 24.0 Å². The van der Waals surface area contributed by atoms with Gasteiger partial charge in [-0.1, -0.05) is 0 Å². The molecule has 0 spiro atoms. The number of halogens is 2. The van der Waals surface area contributed by atoms with E-state index in [1.165, 1.54) is 24.3 Å². The minimum atomic E-state index is -2.90. The Morgan fingerprint density at radius 3 is 2.57 bits per heavy atom. The summed E-state index contributed by atoms with van der Waals surface area (Å²) < 4.78 is 28.3. The Morgan fingerprint density at radius 2 is 2.00 bits per heavy atom. The summed E-state index contributed by atoms with van der Waals surface area (Å²) in [5.41, 5.74) is 0.368. The lowest BCUT2D eigenvalue weighted by Crippen LogP contribution is -2.28. The van der Waals surface area contributed by atoms with Crippen molar-refractivity contribution in [1.29, 1.82) is 0 Å². The van der Waals surface area contributed by atoms with Gasteiger partial charge in [0.25, 0.3) is 5.91 Å². The third-order valence-corrected chi connectivity index (χ3v) is 3.36. The number of carbonyl (C=O) groups is 2. The topological polar surface area (TPSA) is 66.8 Å². The van der Waals surface area contributed by atoms with E-state index in [0.717, 1.165) is 0 Å². The first-order valence-electron chi connectivity index (χ1n) is 6.51. The fraction of sp³-hybridized carbons (Fsp3) is 0.429. The minimum absolute atomic E-state index is 0.00766. The van der Waals surface area contributed by atoms with Gasteiger partial charge in [-0.15, -0.1) is 0 Å². The first-order chi connectivity index (χ1) is 9.95. The van der Waals surface area contributed by atoms with Crippen molar-refractivity contribution in [3.8, 4) is 5.75 Å². The molecule has 1 fully saturated rings. The maximum atomic E-state index is 12.2. The quantitative estimate of drug-likeness (QED) is 0.905. The number of hydrogen-bond donors (Lipinski definition) is 1. The van der Waals surface area contributed by atoms with E-state index < -0.39 is 12.6 Å². The van der Waals surface area contributed by atoms with Gasteiger partial charge in [0.05, 0.1) is 0 Å². The van der Waals surface area contributed by atoms with E-state index in [4.69, 9.17) is 5.11 Å². The van der Waals surface area contributed by atoms with Crippen LogP contribution in [0.4, 0.5) is 8.78 Å². The number of carboxylic acids is 1. The summed E-state index contributed by atoms with van der Waals surface area (Å²) in [5.74, 6) is -1.14. The van der Waals surface area contributed by atoms with Gasteiger partial charge in [-0.3, -0.25) is 9.59 Å². The number of aliphatic carboxylic acids is 1. The molecule has 1 unspecified atom stereocenters. The van der Waals surface area contributed by atoms with Gasteiger partial charge in [0.2, 0.25) is 0 Å². The summed E-state index contributed by atoms with van der Waals surface area (Å²) in [6.07, 6.45) is 0.704. The Balaban J connectivity index is 1.96. The lowest BCUT2D eigenvalue weighted by Gasteiger charge is -2.16. The van der Waals surface area contributed by atoms with Gasteiger partial charge < -0.3 is 14.7 Å². The highest BCUT2D eigenvalue weighted by Crippen LogP contribution is 2.22. The molecule has 1 heterocycles. The molecule has 21 heavy (non-hydrogen) atoms.